The van der Waals surface area contributed by atoms with Crippen LogP contribution in [0.4, 0.5) is 0 Å². The van der Waals surface area contributed by atoms with E-state index in [1.54, 1.807) is 0 Å². The maximum Gasteiger partial charge on any atom is 0.163 e. The lowest BCUT2D eigenvalue weighted by molar-refractivity contribution is -0.139. The first-order valence-corrected chi connectivity index (χ1v) is 5.00. The zero-order chi connectivity index (χ0) is 10.6. The van der Waals surface area contributed by atoms with Gasteiger partial charge in [-0.1, -0.05) is 6.58 Å². The molecule has 0 aromatic heterocycles. The summed E-state index contributed by atoms with van der Waals surface area (Å²) in [6, 6.07) is 0. The van der Waals surface area contributed by atoms with E-state index in [2.05, 4.69) is 6.58 Å². The third-order valence-corrected chi connectivity index (χ3v) is 2.24. The predicted molar refractivity (Wildman–Crippen MR) is 54.0 cm³/mol. The molecule has 1 saturated heterocycles. The van der Waals surface area contributed by atoms with Crippen LogP contribution in [0.2, 0.25) is 0 Å². The smallest absolute Gasteiger partial charge is 0.163 e. The van der Waals surface area contributed by atoms with Crippen molar-refractivity contribution >= 4 is 5.78 Å². The van der Waals surface area contributed by atoms with Gasteiger partial charge in [-0.05, 0) is 32.8 Å². The largest absolute Gasteiger partial charge is 0.348 e. The molecule has 1 aliphatic heterocycles. The summed E-state index contributed by atoms with van der Waals surface area (Å²) in [7, 11) is 0. The number of carbonyl (C=O) groups excluding carboxylic acids is 1. The van der Waals surface area contributed by atoms with Gasteiger partial charge in [-0.3, -0.25) is 4.79 Å². The van der Waals surface area contributed by atoms with E-state index >= 15 is 0 Å². The third kappa shape index (κ3) is 3.60. The van der Waals surface area contributed by atoms with Crippen LogP contribution in [0.1, 0.15) is 33.1 Å². The van der Waals surface area contributed by atoms with Gasteiger partial charge < -0.3 is 9.47 Å². The van der Waals surface area contributed by atoms with Crippen molar-refractivity contribution < 1.29 is 14.3 Å². The third-order valence-electron chi connectivity index (χ3n) is 2.24. The molecule has 1 atom stereocenters. The molecule has 0 aromatic rings. The molecule has 0 saturated carbocycles. The maximum absolute atomic E-state index is 10.9. The minimum atomic E-state index is -0.451. The van der Waals surface area contributed by atoms with E-state index in [1.165, 1.54) is 6.08 Å². The van der Waals surface area contributed by atoms with Gasteiger partial charge in [0, 0.05) is 6.42 Å². The van der Waals surface area contributed by atoms with Crippen LogP contribution in [0.5, 0.6) is 0 Å². The van der Waals surface area contributed by atoms with Crippen molar-refractivity contribution in [1.82, 2.24) is 0 Å². The minimum Gasteiger partial charge on any atom is -0.348 e. The van der Waals surface area contributed by atoms with Crippen LogP contribution in [-0.4, -0.2) is 24.3 Å². The van der Waals surface area contributed by atoms with E-state index in [1.807, 2.05) is 13.8 Å². The Bertz CT molecular complexity index is 221. The van der Waals surface area contributed by atoms with Gasteiger partial charge >= 0.3 is 0 Å². The quantitative estimate of drug-likeness (QED) is 0.634. The Morgan fingerprint density at radius 1 is 1.64 bits per heavy atom. The number of rotatable bonds is 5. The number of hydrogen-bond acceptors (Lipinski definition) is 3. The van der Waals surface area contributed by atoms with E-state index in [0.717, 1.165) is 12.8 Å². The van der Waals surface area contributed by atoms with Crippen molar-refractivity contribution in [2.24, 2.45) is 0 Å². The summed E-state index contributed by atoms with van der Waals surface area (Å²) < 4.78 is 11.0. The van der Waals surface area contributed by atoms with Crippen LogP contribution in [0.3, 0.4) is 0 Å². The first-order chi connectivity index (χ1) is 6.53. The van der Waals surface area contributed by atoms with Crippen LogP contribution < -0.4 is 0 Å². The number of hydrogen-bond donors (Lipinski definition) is 0. The van der Waals surface area contributed by atoms with Gasteiger partial charge in [-0.15, -0.1) is 0 Å². The maximum atomic E-state index is 10.9. The SMILES string of the molecule is C=CC(=O)CCC[C@H]1COC(C)(C)O1. The van der Waals surface area contributed by atoms with E-state index in [0.29, 0.717) is 13.0 Å². The van der Waals surface area contributed by atoms with Crippen molar-refractivity contribution in [3.63, 3.8) is 0 Å². The molecule has 1 aliphatic rings. The Hall–Kier alpha value is -0.670. The zero-order valence-corrected chi connectivity index (χ0v) is 8.91. The summed E-state index contributed by atoms with van der Waals surface area (Å²) in [5.74, 6) is -0.351. The normalized spacial score (nSPS) is 24.9. The Balaban J connectivity index is 2.15. The standard InChI is InChI=1S/C11H18O3/c1-4-9(12)6-5-7-10-8-13-11(2,3)14-10/h4,10H,1,5-8H2,2-3H3/t10-/m0/s1. The fraction of sp³-hybridized carbons (Fsp3) is 0.727. The summed E-state index contributed by atoms with van der Waals surface area (Å²) in [6.45, 7) is 7.87. The van der Waals surface area contributed by atoms with Crippen LogP contribution >= 0.6 is 0 Å². The molecule has 0 N–H and O–H groups in total. The Labute approximate surface area is 85.1 Å². The van der Waals surface area contributed by atoms with Gasteiger partial charge in [0.2, 0.25) is 0 Å². The van der Waals surface area contributed by atoms with E-state index in [-0.39, 0.29) is 11.9 Å². The molecule has 0 bridgehead atoms. The summed E-state index contributed by atoms with van der Waals surface area (Å²) in [6.07, 6.45) is 3.79. The van der Waals surface area contributed by atoms with E-state index in [9.17, 15) is 4.79 Å². The van der Waals surface area contributed by atoms with E-state index < -0.39 is 5.79 Å². The van der Waals surface area contributed by atoms with Crippen molar-refractivity contribution in [2.45, 2.75) is 45.0 Å². The average molecular weight is 198 g/mol. The van der Waals surface area contributed by atoms with Crippen molar-refractivity contribution in [1.29, 1.82) is 0 Å². The van der Waals surface area contributed by atoms with Gasteiger partial charge in [0.05, 0.1) is 12.7 Å². The van der Waals surface area contributed by atoms with Crippen molar-refractivity contribution in [2.75, 3.05) is 6.61 Å². The molecule has 1 rings (SSSR count). The fourth-order valence-electron chi connectivity index (χ4n) is 1.51. The number of allylic oxidation sites excluding steroid dienone is 1. The van der Waals surface area contributed by atoms with Crippen molar-refractivity contribution in [3.05, 3.63) is 12.7 Å². The Morgan fingerprint density at radius 3 is 2.86 bits per heavy atom. The molecule has 0 aliphatic carbocycles. The molecule has 1 fully saturated rings. The molecular weight excluding hydrogens is 180 g/mol. The molecule has 0 radical (unpaired) electrons. The van der Waals surface area contributed by atoms with E-state index in [4.69, 9.17) is 9.47 Å². The molecule has 1 heterocycles. The first kappa shape index (κ1) is 11.4. The topological polar surface area (TPSA) is 35.5 Å². The van der Waals surface area contributed by atoms with Gasteiger partial charge in [-0.25, -0.2) is 0 Å². The number of ketones is 1. The predicted octanol–water partition coefficient (Wildman–Crippen LogP) is 2.06. The molecular formula is C11H18O3. The number of ether oxygens (including phenoxy) is 2. The second kappa shape index (κ2) is 4.71. The molecule has 0 aromatic carbocycles. The second-order valence-electron chi connectivity index (χ2n) is 4.01. The number of carbonyl (C=O) groups is 1. The lowest BCUT2D eigenvalue weighted by Gasteiger charge is -2.16. The average Bonchev–Trinajstić information content (AvgIpc) is 2.45. The molecule has 0 spiro atoms. The second-order valence-corrected chi connectivity index (χ2v) is 4.01. The minimum absolute atomic E-state index is 0.100. The summed E-state index contributed by atoms with van der Waals surface area (Å²) in [4.78, 5) is 10.9. The lowest BCUT2D eigenvalue weighted by Crippen LogP contribution is -2.21. The summed E-state index contributed by atoms with van der Waals surface area (Å²) >= 11 is 0. The Kier molecular flexibility index (Phi) is 3.84. The molecule has 0 amide bonds. The Morgan fingerprint density at radius 2 is 2.36 bits per heavy atom. The summed E-state index contributed by atoms with van der Waals surface area (Å²) in [5.41, 5.74) is 0. The molecule has 80 valence electrons. The van der Waals surface area contributed by atoms with Crippen LogP contribution in [-0.2, 0) is 14.3 Å². The van der Waals surface area contributed by atoms with Crippen LogP contribution in [0.15, 0.2) is 12.7 Å². The van der Waals surface area contributed by atoms with Gasteiger partial charge in [0.1, 0.15) is 0 Å². The van der Waals surface area contributed by atoms with Gasteiger partial charge in [0.25, 0.3) is 0 Å². The summed E-state index contributed by atoms with van der Waals surface area (Å²) in [5, 5.41) is 0. The highest BCUT2D eigenvalue weighted by Gasteiger charge is 2.31. The van der Waals surface area contributed by atoms with Gasteiger partial charge in [-0.2, -0.15) is 0 Å². The van der Waals surface area contributed by atoms with Crippen molar-refractivity contribution in [3.8, 4) is 0 Å². The first-order valence-electron chi connectivity index (χ1n) is 5.00. The highest BCUT2D eigenvalue weighted by molar-refractivity contribution is 5.88. The highest BCUT2D eigenvalue weighted by atomic mass is 16.7. The lowest BCUT2D eigenvalue weighted by atomic mass is 10.1. The molecule has 0 unspecified atom stereocenters. The zero-order valence-electron chi connectivity index (χ0n) is 8.91. The molecule has 3 heteroatoms. The van der Waals surface area contributed by atoms with Crippen LogP contribution in [0, 0.1) is 0 Å². The van der Waals surface area contributed by atoms with Crippen LogP contribution in [0.25, 0.3) is 0 Å². The highest BCUT2D eigenvalue weighted by Crippen LogP contribution is 2.25. The van der Waals surface area contributed by atoms with Gasteiger partial charge in [0.15, 0.2) is 11.6 Å². The monoisotopic (exact) mass is 198 g/mol. The molecule has 3 nitrogen and oxygen atoms in total. The molecule has 14 heavy (non-hydrogen) atoms. The fourth-order valence-corrected chi connectivity index (χ4v) is 1.51.